The van der Waals surface area contributed by atoms with Gasteiger partial charge in [-0.15, -0.1) is 6.58 Å². The predicted octanol–water partition coefficient (Wildman–Crippen LogP) is 4.71. The lowest BCUT2D eigenvalue weighted by Gasteiger charge is -2.21. The first kappa shape index (κ1) is 21.2. The number of benzene rings is 2. The molecule has 4 rings (SSSR count). The number of nitrogen functional groups attached to an aromatic ring is 1. The second-order valence-electron chi connectivity index (χ2n) is 7.27. The normalized spacial score (nSPS) is 11.9. The second kappa shape index (κ2) is 8.97. The zero-order valence-electron chi connectivity index (χ0n) is 17.6. The number of H-pyrrole nitrogens is 1. The van der Waals surface area contributed by atoms with E-state index in [0.29, 0.717) is 30.4 Å². The molecule has 164 valence electrons. The Morgan fingerprint density at radius 1 is 1.28 bits per heavy atom. The molecule has 4 aromatic rings. The molecule has 0 bridgehead atoms. The van der Waals surface area contributed by atoms with Crippen LogP contribution in [0.25, 0.3) is 10.8 Å². The maximum Gasteiger partial charge on any atom is 0.170 e. The molecule has 0 aliphatic carbocycles. The Bertz CT molecular complexity index is 1270. The zero-order valence-corrected chi connectivity index (χ0v) is 17.6. The van der Waals surface area contributed by atoms with E-state index in [2.05, 4.69) is 26.8 Å². The van der Waals surface area contributed by atoms with E-state index in [4.69, 9.17) is 10.5 Å². The van der Waals surface area contributed by atoms with Crippen LogP contribution in [-0.4, -0.2) is 26.7 Å². The fourth-order valence-corrected chi connectivity index (χ4v) is 3.60. The number of imidazole rings is 1. The van der Waals surface area contributed by atoms with Crippen molar-refractivity contribution in [3.8, 4) is 11.5 Å². The third-order valence-electron chi connectivity index (χ3n) is 5.07. The SMILES string of the molecule is C=CCc1cnc(C(Nc2ccc3c(N)nccc3c2)c2cc(OCC)cc(O)c2F)[nH]1. The lowest BCUT2D eigenvalue weighted by atomic mass is 10.0. The molecule has 5 N–H and O–H groups in total. The fraction of sp³-hybridized carbons (Fsp3) is 0.167. The highest BCUT2D eigenvalue weighted by atomic mass is 19.1. The number of nitrogens with zero attached hydrogens (tertiary/aromatic N) is 2. The number of ether oxygens (including phenoxy) is 1. The number of halogens is 1. The summed E-state index contributed by atoms with van der Waals surface area (Å²) in [5.74, 6) is 0.0486. The van der Waals surface area contributed by atoms with Crippen molar-refractivity contribution in [2.24, 2.45) is 0 Å². The molecular weight excluding hydrogens is 409 g/mol. The average molecular weight is 433 g/mol. The van der Waals surface area contributed by atoms with Crippen molar-refractivity contribution >= 4 is 22.3 Å². The van der Waals surface area contributed by atoms with Gasteiger partial charge in [0.25, 0.3) is 0 Å². The first-order chi connectivity index (χ1) is 15.5. The Balaban J connectivity index is 1.80. The molecule has 2 heterocycles. The van der Waals surface area contributed by atoms with Gasteiger partial charge in [0.2, 0.25) is 0 Å². The number of pyridine rings is 1. The van der Waals surface area contributed by atoms with Crippen LogP contribution in [0.15, 0.2) is 61.4 Å². The molecule has 0 aliphatic heterocycles. The van der Waals surface area contributed by atoms with Crippen LogP contribution in [0.5, 0.6) is 11.5 Å². The van der Waals surface area contributed by atoms with Crippen molar-refractivity contribution in [2.45, 2.75) is 19.4 Å². The first-order valence-corrected chi connectivity index (χ1v) is 10.2. The lowest BCUT2D eigenvalue weighted by Crippen LogP contribution is -2.16. The minimum atomic E-state index is -0.748. The Labute approximate surface area is 184 Å². The Kier molecular flexibility index (Phi) is 5.93. The molecule has 0 fully saturated rings. The molecule has 0 aliphatic rings. The second-order valence-corrected chi connectivity index (χ2v) is 7.27. The van der Waals surface area contributed by atoms with Crippen LogP contribution >= 0.6 is 0 Å². The average Bonchev–Trinajstić information content (AvgIpc) is 3.23. The largest absolute Gasteiger partial charge is 0.505 e. The molecule has 2 aromatic heterocycles. The summed E-state index contributed by atoms with van der Waals surface area (Å²) in [7, 11) is 0. The number of anilines is 2. The number of rotatable bonds is 8. The van der Waals surface area contributed by atoms with E-state index in [1.54, 1.807) is 24.5 Å². The van der Waals surface area contributed by atoms with Gasteiger partial charge in [0.05, 0.1) is 6.61 Å². The van der Waals surface area contributed by atoms with Crippen molar-refractivity contribution in [1.29, 1.82) is 0 Å². The smallest absolute Gasteiger partial charge is 0.170 e. The van der Waals surface area contributed by atoms with Crippen LogP contribution in [0, 0.1) is 5.82 Å². The number of aromatic nitrogens is 3. The van der Waals surface area contributed by atoms with Gasteiger partial charge in [0, 0.05) is 47.2 Å². The number of allylic oxidation sites excluding steroid dienone is 1. The van der Waals surface area contributed by atoms with Crippen LogP contribution in [0.2, 0.25) is 0 Å². The van der Waals surface area contributed by atoms with Crippen molar-refractivity contribution < 1.29 is 14.2 Å². The standard InChI is InChI=1S/C24H24FN5O2/c1-3-5-16-13-28-24(30-16)22(19-11-17(32-4-2)12-20(31)21(19)25)29-15-6-7-18-14(10-15)8-9-27-23(18)26/h3,6-13,22,29,31H,1,4-5H2,2H3,(H2,26,27)(H,28,30). The molecule has 7 nitrogen and oxygen atoms in total. The number of fused-ring (bicyclic) bond motifs is 1. The van der Waals surface area contributed by atoms with Crippen LogP contribution < -0.4 is 15.8 Å². The van der Waals surface area contributed by atoms with Crippen LogP contribution in [0.4, 0.5) is 15.9 Å². The monoisotopic (exact) mass is 433 g/mol. The Hall–Kier alpha value is -4.07. The van der Waals surface area contributed by atoms with Gasteiger partial charge in [0.1, 0.15) is 23.4 Å². The van der Waals surface area contributed by atoms with Crippen molar-refractivity contribution in [1.82, 2.24) is 15.0 Å². The van der Waals surface area contributed by atoms with Crippen molar-refractivity contribution in [2.75, 3.05) is 17.7 Å². The Morgan fingerprint density at radius 3 is 2.91 bits per heavy atom. The third-order valence-corrected chi connectivity index (χ3v) is 5.07. The van der Waals surface area contributed by atoms with Crippen LogP contribution in [-0.2, 0) is 6.42 Å². The van der Waals surface area contributed by atoms with E-state index in [9.17, 15) is 5.11 Å². The van der Waals surface area contributed by atoms with Gasteiger partial charge in [-0.05, 0) is 42.6 Å². The minimum Gasteiger partial charge on any atom is -0.505 e. The lowest BCUT2D eigenvalue weighted by molar-refractivity contribution is 0.334. The van der Waals surface area contributed by atoms with E-state index in [1.807, 2.05) is 31.2 Å². The van der Waals surface area contributed by atoms with Gasteiger partial charge in [-0.3, -0.25) is 0 Å². The van der Waals surface area contributed by atoms with E-state index in [1.165, 1.54) is 6.07 Å². The van der Waals surface area contributed by atoms with Gasteiger partial charge >= 0.3 is 0 Å². The zero-order chi connectivity index (χ0) is 22.7. The number of hydrogen-bond donors (Lipinski definition) is 4. The summed E-state index contributed by atoms with van der Waals surface area (Å²) >= 11 is 0. The number of aromatic hydroxyl groups is 1. The highest BCUT2D eigenvalue weighted by Crippen LogP contribution is 2.35. The first-order valence-electron chi connectivity index (χ1n) is 10.2. The number of nitrogens with one attached hydrogen (secondary N) is 2. The quantitative estimate of drug-likeness (QED) is 0.300. The summed E-state index contributed by atoms with van der Waals surface area (Å²) in [6.45, 7) is 5.94. The molecule has 2 aromatic carbocycles. The molecule has 0 spiro atoms. The highest BCUT2D eigenvalue weighted by molar-refractivity contribution is 5.92. The van der Waals surface area contributed by atoms with Gasteiger partial charge in [-0.25, -0.2) is 14.4 Å². The van der Waals surface area contributed by atoms with Crippen LogP contribution in [0.1, 0.15) is 30.0 Å². The molecular formula is C24H24FN5O2. The molecule has 0 saturated carbocycles. The van der Waals surface area contributed by atoms with Crippen molar-refractivity contribution in [3.05, 3.63) is 84.3 Å². The molecule has 32 heavy (non-hydrogen) atoms. The molecule has 0 saturated heterocycles. The van der Waals surface area contributed by atoms with Crippen LogP contribution in [0.3, 0.4) is 0 Å². The maximum atomic E-state index is 15.1. The number of nitrogens with two attached hydrogens (primary N) is 1. The highest BCUT2D eigenvalue weighted by Gasteiger charge is 2.24. The van der Waals surface area contributed by atoms with E-state index in [-0.39, 0.29) is 5.56 Å². The number of phenols is 1. The summed E-state index contributed by atoms with van der Waals surface area (Å²) < 4.78 is 20.6. The fourth-order valence-electron chi connectivity index (χ4n) is 3.60. The third kappa shape index (κ3) is 4.20. The van der Waals surface area contributed by atoms with Gasteiger partial charge in [-0.2, -0.15) is 0 Å². The summed E-state index contributed by atoms with van der Waals surface area (Å²) in [4.78, 5) is 11.8. The molecule has 1 unspecified atom stereocenters. The van der Waals surface area contributed by atoms with E-state index < -0.39 is 17.6 Å². The van der Waals surface area contributed by atoms with Gasteiger partial charge in [-0.1, -0.05) is 6.08 Å². The molecule has 0 radical (unpaired) electrons. The summed E-state index contributed by atoms with van der Waals surface area (Å²) in [5, 5.41) is 15.2. The van der Waals surface area contributed by atoms with E-state index in [0.717, 1.165) is 22.2 Å². The molecule has 8 heteroatoms. The summed E-state index contributed by atoms with van der Waals surface area (Å²) in [6, 6.07) is 9.54. The summed E-state index contributed by atoms with van der Waals surface area (Å²) in [6.07, 6.45) is 5.66. The minimum absolute atomic E-state index is 0.197. The number of aromatic amines is 1. The predicted molar refractivity (Wildman–Crippen MR) is 123 cm³/mol. The number of phenolic OH excluding ortho intramolecular Hbond substituents is 1. The number of hydrogen-bond acceptors (Lipinski definition) is 6. The maximum absolute atomic E-state index is 15.1. The topological polar surface area (TPSA) is 109 Å². The van der Waals surface area contributed by atoms with E-state index >= 15 is 4.39 Å². The van der Waals surface area contributed by atoms with Gasteiger partial charge < -0.3 is 25.9 Å². The Morgan fingerprint density at radius 2 is 2.12 bits per heavy atom. The van der Waals surface area contributed by atoms with Gasteiger partial charge in [0.15, 0.2) is 11.6 Å². The van der Waals surface area contributed by atoms with Crippen molar-refractivity contribution in [3.63, 3.8) is 0 Å². The summed E-state index contributed by atoms with van der Waals surface area (Å²) in [5.41, 5.74) is 7.71. The molecule has 0 amide bonds. The molecule has 1 atom stereocenters.